The first-order valence-corrected chi connectivity index (χ1v) is 5.26. The maximum absolute atomic E-state index is 11.9. The molecule has 1 rings (SSSR count). The molecule has 1 aromatic rings. The van der Waals surface area contributed by atoms with Crippen molar-refractivity contribution in [2.24, 2.45) is 5.14 Å². The van der Waals surface area contributed by atoms with Crippen molar-refractivity contribution in [1.29, 1.82) is 0 Å². The van der Waals surface area contributed by atoms with Crippen LogP contribution < -0.4 is 9.88 Å². The smallest absolute Gasteiger partial charge is 0.506 e. The highest BCUT2D eigenvalue weighted by molar-refractivity contribution is 7.89. The summed E-state index contributed by atoms with van der Waals surface area (Å²) in [7, 11) is -4.51. The topological polar surface area (TPSA) is 89.6 Å². The molecule has 0 aromatic heterocycles. The van der Waals surface area contributed by atoms with E-state index >= 15 is 0 Å². The molecule has 0 aliphatic rings. The highest BCUT2D eigenvalue weighted by atomic mass is 32.2. The second-order valence-corrected chi connectivity index (χ2v) is 4.20. The van der Waals surface area contributed by atoms with Gasteiger partial charge in [-0.05, 0) is 12.1 Å². The normalized spacial score (nSPS) is 12.5. The zero-order valence-electron chi connectivity index (χ0n) is 7.52. The number of ether oxygens (including phenoxy) is 1. The van der Waals surface area contributed by atoms with E-state index < -0.39 is 32.8 Å². The minimum atomic E-state index is -5.08. The molecule has 0 bridgehead atoms. The van der Waals surface area contributed by atoms with E-state index in [4.69, 9.17) is 5.11 Å². The Morgan fingerprint density at radius 2 is 1.88 bits per heavy atom. The number of hydrogen-bond acceptors (Lipinski definition) is 4. The highest BCUT2D eigenvalue weighted by Gasteiger charge is 2.34. The van der Waals surface area contributed by atoms with Gasteiger partial charge in [0, 0.05) is 0 Å². The van der Waals surface area contributed by atoms with Crippen molar-refractivity contribution in [3.8, 4) is 11.5 Å². The number of halogens is 3. The van der Waals surface area contributed by atoms with E-state index in [-0.39, 0.29) is 0 Å². The molecule has 9 heteroatoms. The van der Waals surface area contributed by atoms with Crippen LogP contribution in [0.15, 0.2) is 23.1 Å². The third-order valence-electron chi connectivity index (χ3n) is 1.47. The van der Waals surface area contributed by atoms with Crippen molar-refractivity contribution in [3.05, 3.63) is 18.2 Å². The van der Waals surface area contributed by atoms with Crippen LogP contribution in [0.1, 0.15) is 0 Å². The summed E-state index contributed by atoms with van der Waals surface area (Å²) in [5.41, 5.74) is 0. The van der Waals surface area contributed by atoms with E-state index in [1.54, 1.807) is 0 Å². The highest BCUT2D eigenvalue weighted by Crippen LogP contribution is 2.34. The van der Waals surface area contributed by atoms with Gasteiger partial charge in [0.2, 0.25) is 10.0 Å². The standard InChI is InChI=1S/C7H6F3NO4S/c8-7(9,10)15-5-3-1-2-4(12)6(5)16(11,13)14/h1-3,12H,(H2,11,13,14). The summed E-state index contributed by atoms with van der Waals surface area (Å²) < 4.78 is 61.0. The molecule has 0 aliphatic heterocycles. The van der Waals surface area contributed by atoms with E-state index in [1.807, 2.05) is 0 Å². The number of benzene rings is 1. The lowest BCUT2D eigenvalue weighted by Gasteiger charge is -2.12. The predicted molar refractivity (Wildman–Crippen MR) is 46.2 cm³/mol. The van der Waals surface area contributed by atoms with E-state index in [0.29, 0.717) is 0 Å². The van der Waals surface area contributed by atoms with Gasteiger partial charge in [-0.2, -0.15) is 0 Å². The molecule has 0 fully saturated rings. The van der Waals surface area contributed by atoms with Crippen molar-refractivity contribution in [2.75, 3.05) is 0 Å². The maximum atomic E-state index is 11.9. The fraction of sp³-hybridized carbons (Fsp3) is 0.143. The summed E-state index contributed by atoms with van der Waals surface area (Å²) in [5, 5.41) is 13.8. The Morgan fingerprint density at radius 1 is 1.31 bits per heavy atom. The Morgan fingerprint density at radius 3 is 2.31 bits per heavy atom. The summed E-state index contributed by atoms with van der Waals surface area (Å²) in [6, 6.07) is 2.60. The van der Waals surface area contributed by atoms with Gasteiger partial charge in [0.25, 0.3) is 0 Å². The lowest BCUT2D eigenvalue weighted by Crippen LogP contribution is -2.21. The molecule has 90 valence electrons. The van der Waals surface area contributed by atoms with E-state index in [1.165, 1.54) is 0 Å². The second kappa shape index (κ2) is 3.83. The van der Waals surface area contributed by atoms with Gasteiger partial charge in [-0.3, -0.25) is 0 Å². The first-order valence-electron chi connectivity index (χ1n) is 3.72. The molecule has 0 spiro atoms. The van der Waals surface area contributed by atoms with Crippen LogP contribution >= 0.6 is 0 Å². The zero-order valence-corrected chi connectivity index (χ0v) is 8.34. The third kappa shape index (κ3) is 3.00. The van der Waals surface area contributed by atoms with Crippen LogP contribution in [0.5, 0.6) is 11.5 Å². The second-order valence-electron chi connectivity index (χ2n) is 2.70. The van der Waals surface area contributed by atoms with Crippen molar-refractivity contribution in [3.63, 3.8) is 0 Å². The Bertz CT molecular complexity index is 497. The van der Waals surface area contributed by atoms with Crippen LogP contribution in [-0.2, 0) is 10.0 Å². The Balaban J connectivity index is 3.36. The van der Waals surface area contributed by atoms with Crippen LogP contribution in [-0.4, -0.2) is 19.9 Å². The number of nitrogens with two attached hydrogens (primary N) is 1. The largest absolute Gasteiger partial charge is 0.573 e. The Hall–Kier alpha value is -1.48. The monoisotopic (exact) mass is 257 g/mol. The number of aromatic hydroxyl groups is 1. The van der Waals surface area contributed by atoms with E-state index in [2.05, 4.69) is 9.88 Å². The van der Waals surface area contributed by atoms with Crippen LogP contribution in [0.3, 0.4) is 0 Å². The summed E-state index contributed by atoms with van der Waals surface area (Å²) in [6.45, 7) is 0. The van der Waals surface area contributed by atoms with Gasteiger partial charge in [0.15, 0.2) is 10.6 Å². The molecule has 0 radical (unpaired) electrons. The molecular weight excluding hydrogens is 251 g/mol. The number of alkyl halides is 3. The molecule has 0 aliphatic carbocycles. The Kier molecular flexibility index (Phi) is 3.01. The number of sulfonamides is 1. The molecule has 0 heterocycles. The van der Waals surface area contributed by atoms with Crippen LogP contribution in [0.2, 0.25) is 0 Å². The molecule has 0 atom stereocenters. The van der Waals surface area contributed by atoms with Gasteiger partial charge in [-0.15, -0.1) is 13.2 Å². The quantitative estimate of drug-likeness (QED) is 0.825. The summed E-state index contributed by atoms with van der Waals surface area (Å²) in [5.74, 6) is -1.99. The molecule has 0 saturated carbocycles. The third-order valence-corrected chi connectivity index (χ3v) is 2.45. The molecule has 0 saturated heterocycles. The number of rotatable bonds is 2. The zero-order chi connectivity index (χ0) is 12.6. The molecule has 16 heavy (non-hydrogen) atoms. The number of phenols is 1. The lowest BCUT2D eigenvalue weighted by atomic mass is 10.3. The van der Waals surface area contributed by atoms with Gasteiger partial charge in [0.1, 0.15) is 5.75 Å². The summed E-state index contributed by atoms with van der Waals surface area (Å²) >= 11 is 0. The molecule has 1 aromatic carbocycles. The average Bonchev–Trinajstić information content (AvgIpc) is 1.97. The van der Waals surface area contributed by atoms with Gasteiger partial charge >= 0.3 is 6.36 Å². The fourth-order valence-corrected chi connectivity index (χ4v) is 1.74. The minimum Gasteiger partial charge on any atom is -0.506 e. The number of primary sulfonamides is 1. The fourth-order valence-electron chi connectivity index (χ4n) is 0.995. The molecule has 0 unspecified atom stereocenters. The van der Waals surface area contributed by atoms with Crippen molar-refractivity contribution < 1.29 is 31.4 Å². The van der Waals surface area contributed by atoms with Gasteiger partial charge in [-0.25, -0.2) is 13.6 Å². The molecular formula is C7H6F3NO4S. The SMILES string of the molecule is NS(=O)(=O)c1c(O)cccc1OC(F)(F)F. The van der Waals surface area contributed by atoms with Crippen molar-refractivity contribution >= 4 is 10.0 Å². The predicted octanol–water partition coefficient (Wildman–Crippen LogP) is 0.938. The molecule has 5 nitrogen and oxygen atoms in total. The lowest BCUT2D eigenvalue weighted by molar-refractivity contribution is -0.275. The van der Waals surface area contributed by atoms with Gasteiger partial charge in [0.05, 0.1) is 0 Å². The number of hydrogen-bond donors (Lipinski definition) is 2. The van der Waals surface area contributed by atoms with Crippen molar-refractivity contribution in [1.82, 2.24) is 0 Å². The average molecular weight is 257 g/mol. The van der Waals surface area contributed by atoms with Crippen molar-refractivity contribution in [2.45, 2.75) is 11.3 Å². The van der Waals surface area contributed by atoms with E-state index in [0.717, 1.165) is 18.2 Å². The molecule has 3 N–H and O–H groups in total. The molecule has 0 amide bonds. The summed E-state index contributed by atoms with van der Waals surface area (Å²) in [6.07, 6.45) is -5.08. The van der Waals surface area contributed by atoms with Crippen LogP contribution in [0, 0.1) is 0 Å². The first-order chi connectivity index (χ1) is 7.11. The first kappa shape index (κ1) is 12.6. The van der Waals surface area contributed by atoms with Gasteiger partial charge < -0.3 is 9.84 Å². The maximum Gasteiger partial charge on any atom is 0.573 e. The summed E-state index contributed by atoms with van der Waals surface area (Å²) in [4.78, 5) is -1.10. The number of phenolic OH excluding ortho intramolecular Hbond substituents is 1. The minimum absolute atomic E-state index is 0.729. The van der Waals surface area contributed by atoms with Gasteiger partial charge in [-0.1, -0.05) is 6.07 Å². The van der Waals surface area contributed by atoms with Crippen LogP contribution in [0.4, 0.5) is 13.2 Å². The van der Waals surface area contributed by atoms with Crippen LogP contribution in [0.25, 0.3) is 0 Å². The van der Waals surface area contributed by atoms with E-state index in [9.17, 15) is 21.6 Å². The Labute approximate surface area is 88.3 Å².